The van der Waals surface area contributed by atoms with E-state index in [9.17, 15) is 35.1 Å². The fourth-order valence-corrected chi connectivity index (χ4v) is 4.51. The molecule has 0 amide bonds. The van der Waals surface area contributed by atoms with Gasteiger partial charge in [0.15, 0.2) is 5.78 Å². The van der Waals surface area contributed by atoms with E-state index in [-0.39, 0.29) is 33.8 Å². The van der Waals surface area contributed by atoms with Crippen LogP contribution in [-0.4, -0.2) is 79.4 Å². The Morgan fingerprint density at radius 3 is 2.50 bits per heavy atom. The van der Waals surface area contributed by atoms with Crippen LogP contribution in [0.15, 0.2) is 36.7 Å². The summed E-state index contributed by atoms with van der Waals surface area (Å²) in [4.78, 5) is 31.2. The lowest BCUT2D eigenvalue weighted by Crippen LogP contribution is -2.60. The van der Waals surface area contributed by atoms with E-state index in [4.69, 9.17) is 9.47 Å². The molecular formula is C24H21NO9. The van der Waals surface area contributed by atoms with Crippen molar-refractivity contribution >= 4 is 22.3 Å². The number of aromatic hydroxyl groups is 1. The molecule has 10 heteroatoms. The molecule has 5 atom stereocenters. The van der Waals surface area contributed by atoms with Crippen molar-refractivity contribution in [2.24, 2.45) is 0 Å². The first-order chi connectivity index (χ1) is 16.2. The number of ketones is 2. The molecule has 1 fully saturated rings. The molecule has 0 bridgehead atoms. The molecule has 0 spiro atoms. The number of aliphatic hydroxyl groups excluding tert-OH is 4. The number of benzene rings is 2. The van der Waals surface area contributed by atoms with Crippen LogP contribution in [0.1, 0.15) is 37.4 Å². The summed E-state index contributed by atoms with van der Waals surface area (Å²) in [5.74, 6) is -1.67. The maximum atomic E-state index is 13.6. The first kappa shape index (κ1) is 22.4. The Morgan fingerprint density at radius 1 is 1.00 bits per heavy atom. The van der Waals surface area contributed by atoms with Crippen molar-refractivity contribution in [3.05, 3.63) is 64.5 Å². The van der Waals surface area contributed by atoms with E-state index in [0.717, 1.165) is 0 Å². The lowest BCUT2D eigenvalue weighted by atomic mass is 9.80. The zero-order valence-corrected chi connectivity index (χ0v) is 17.9. The predicted octanol–water partition coefficient (Wildman–Crippen LogP) is 0.203. The second-order valence-corrected chi connectivity index (χ2v) is 8.40. The van der Waals surface area contributed by atoms with Gasteiger partial charge in [-0.25, -0.2) is 0 Å². The Labute approximate surface area is 192 Å². The maximum absolute atomic E-state index is 13.6. The van der Waals surface area contributed by atoms with Gasteiger partial charge in [-0.2, -0.15) is 0 Å². The molecule has 2 aromatic carbocycles. The van der Waals surface area contributed by atoms with Gasteiger partial charge in [0, 0.05) is 28.9 Å². The molecule has 2 heterocycles. The fourth-order valence-electron chi connectivity index (χ4n) is 4.51. The Balaban J connectivity index is 1.70. The minimum Gasteiger partial charge on any atom is -0.507 e. The number of phenols is 1. The molecule has 1 aromatic heterocycles. The van der Waals surface area contributed by atoms with Crippen LogP contribution < -0.4 is 4.74 Å². The molecule has 1 saturated heterocycles. The Hall–Kier alpha value is -3.41. The number of ether oxygens (including phenoxy) is 2. The lowest BCUT2D eigenvalue weighted by molar-refractivity contribution is -0.277. The molecule has 3 aromatic rings. The van der Waals surface area contributed by atoms with E-state index in [2.05, 4.69) is 4.98 Å². The van der Waals surface area contributed by atoms with Crippen LogP contribution in [-0.2, 0) is 4.74 Å². The van der Waals surface area contributed by atoms with Gasteiger partial charge >= 0.3 is 0 Å². The van der Waals surface area contributed by atoms with Crippen molar-refractivity contribution in [1.82, 2.24) is 4.98 Å². The molecule has 176 valence electrons. The number of nitrogens with zero attached hydrogens (tertiary/aromatic N) is 1. The van der Waals surface area contributed by atoms with Crippen molar-refractivity contribution in [2.45, 2.75) is 37.6 Å². The van der Waals surface area contributed by atoms with Gasteiger partial charge < -0.3 is 35.0 Å². The first-order valence-corrected chi connectivity index (χ1v) is 10.5. The molecule has 0 saturated carbocycles. The van der Waals surface area contributed by atoms with Crippen molar-refractivity contribution < 1.29 is 44.6 Å². The average Bonchev–Trinajstić information content (AvgIpc) is 2.81. The SMILES string of the molecule is Cc1cc(O)c2c(c1)C(=O)c1c(c(O[C@@H]3O[C@H](CO)[C@@H](O)[C@H](O)[C@H]3O)cc3cnccc13)C2=O. The summed E-state index contributed by atoms with van der Waals surface area (Å²) < 4.78 is 11.2. The normalized spacial score (nSPS) is 26.3. The van der Waals surface area contributed by atoms with Gasteiger partial charge in [-0.05, 0) is 42.1 Å². The van der Waals surface area contributed by atoms with Crippen LogP contribution in [0.25, 0.3) is 10.8 Å². The van der Waals surface area contributed by atoms with Gasteiger partial charge in [0.2, 0.25) is 12.1 Å². The summed E-state index contributed by atoms with van der Waals surface area (Å²) in [5, 5.41) is 51.4. The van der Waals surface area contributed by atoms with Crippen LogP contribution in [0.2, 0.25) is 0 Å². The topological polar surface area (TPSA) is 167 Å². The number of rotatable bonds is 3. The zero-order valence-electron chi connectivity index (χ0n) is 17.9. The third-order valence-electron chi connectivity index (χ3n) is 6.18. The van der Waals surface area contributed by atoms with Gasteiger partial charge in [0.1, 0.15) is 35.9 Å². The van der Waals surface area contributed by atoms with Crippen molar-refractivity contribution in [2.75, 3.05) is 6.61 Å². The number of fused-ring (bicyclic) bond motifs is 4. The van der Waals surface area contributed by atoms with Crippen LogP contribution in [0.3, 0.4) is 0 Å². The summed E-state index contributed by atoms with van der Waals surface area (Å²) in [6.07, 6.45) is -4.88. The molecule has 5 rings (SSSR count). The number of aliphatic hydroxyl groups is 4. The molecule has 2 aliphatic rings. The molecular weight excluding hydrogens is 446 g/mol. The monoisotopic (exact) mass is 467 g/mol. The number of phenolic OH excluding ortho intramolecular Hbond substituents is 1. The van der Waals surface area contributed by atoms with Gasteiger partial charge in [-0.15, -0.1) is 0 Å². The highest BCUT2D eigenvalue weighted by Gasteiger charge is 2.46. The number of hydrogen-bond acceptors (Lipinski definition) is 10. The van der Waals surface area contributed by atoms with Crippen LogP contribution in [0.5, 0.6) is 11.5 Å². The standard InChI is InChI=1S/C24H21NO9/c1-9-4-12-16(13(27)5-9)21(30)18-14(6-10-7-25-3-2-11(10)17(18)19(12)28)33-24-23(32)22(31)20(29)15(8-26)34-24/h2-7,15,20,22-24,26-27,29,31-32H,8H2,1H3/t15-,20-,22+,23-,24-/m1/s1. The molecule has 10 nitrogen and oxygen atoms in total. The van der Waals surface area contributed by atoms with E-state index in [1.54, 1.807) is 13.0 Å². The molecule has 0 radical (unpaired) electrons. The Bertz CT molecular complexity index is 1340. The number of hydrogen-bond donors (Lipinski definition) is 5. The Morgan fingerprint density at radius 2 is 1.76 bits per heavy atom. The summed E-state index contributed by atoms with van der Waals surface area (Å²) in [5.41, 5.74) is 0.378. The van der Waals surface area contributed by atoms with Gasteiger partial charge in [-0.3, -0.25) is 14.6 Å². The smallest absolute Gasteiger partial charge is 0.229 e. The van der Waals surface area contributed by atoms with Crippen LogP contribution in [0, 0.1) is 6.92 Å². The van der Waals surface area contributed by atoms with Gasteiger partial charge in [-0.1, -0.05) is 0 Å². The van der Waals surface area contributed by atoms with Crippen molar-refractivity contribution in [3.8, 4) is 11.5 Å². The second-order valence-electron chi connectivity index (χ2n) is 8.40. The third kappa shape index (κ3) is 3.27. The fraction of sp³-hybridized carbons (Fsp3) is 0.292. The quantitative estimate of drug-likeness (QED) is 0.281. The van der Waals surface area contributed by atoms with E-state index < -0.39 is 48.9 Å². The summed E-state index contributed by atoms with van der Waals surface area (Å²) in [6.45, 7) is 1.02. The van der Waals surface area contributed by atoms with Crippen molar-refractivity contribution in [3.63, 3.8) is 0 Å². The lowest BCUT2D eigenvalue weighted by Gasteiger charge is -2.40. The molecule has 34 heavy (non-hydrogen) atoms. The van der Waals surface area contributed by atoms with E-state index in [0.29, 0.717) is 16.3 Å². The largest absolute Gasteiger partial charge is 0.507 e. The van der Waals surface area contributed by atoms with E-state index in [1.807, 2.05) is 0 Å². The molecule has 1 aliphatic carbocycles. The van der Waals surface area contributed by atoms with Crippen LogP contribution in [0.4, 0.5) is 0 Å². The van der Waals surface area contributed by atoms with Crippen molar-refractivity contribution in [1.29, 1.82) is 0 Å². The average molecular weight is 467 g/mol. The summed E-state index contributed by atoms with van der Waals surface area (Å²) in [7, 11) is 0. The highest BCUT2D eigenvalue weighted by atomic mass is 16.7. The van der Waals surface area contributed by atoms with Crippen LogP contribution >= 0.6 is 0 Å². The Kier molecular flexibility index (Phi) is 5.34. The highest BCUT2D eigenvalue weighted by Crippen LogP contribution is 2.42. The second kappa shape index (κ2) is 8.12. The number of pyridine rings is 1. The highest BCUT2D eigenvalue weighted by molar-refractivity contribution is 6.33. The predicted molar refractivity (Wildman–Crippen MR) is 116 cm³/mol. The summed E-state index contributed by atoms with van der Waals surface area (Å²) in [6, 6.07) is 5.91. The minimum atomic E-state index is -1.73. The van der Waals surface area contributed by atoms with Gasteiger partial charge in [0.25, 0.3) is 0 Å². The molecule has 5 N–H and O–H groups in total. The number of aryl methyl sites for hydroxylation is 1. The first-order valence-electron chi connectivity index (χ1n) is 10.5. The number of carbonyl (C=O) groups excluding carboxylic acids is 2. The van der Waals surface area contributed by atoms with E-state index >= 15 is 0 Å². The minimum absolute atomic E-state index is 0.0435. The van der Waals surface area contributed by atoms with Gasteiger partial charge in [0.05, 0.1) is 17.7 Å². The molecule has 0 unspecified atom stereocenters. The number of carbonyl (C=O) groups is 2. The molecule has 1 aliphatic heterocycles. The maximum Gasteiger partial charge on any atom is 0.229 e. The third-order valence-corrected chi connectivity index (χ3v) is 6.18. The zero-order chi connectivity index (χ0) is 24.3. The number of aromatic nitrogens is 1. The summed E-state index contributed by atoms with van der Waals surface area (Å²) >= 11 is 0. The van der Waals surface area contributed by atoms with E-state index in [1.165, 1.54) is 30.6 Å².